The topological polar surface area (TPSA) is 46.2 Å². The van der Waals surface area contributed by atoms with Crippen LogP contribution in [0.4, 0.5) is 0 Å². The minimum absolute atomic E-state index is 0.299. The van der Waals surface area contributed by atoms with Crippen LogP contribution in [0.2, 0.25) is 0 Å². The molecule has 0 fully saturated rings. The van der Waals surface area contributed by atoms with E-state index in [1.807, 2.05) is 12.1 Å². The molecule has 1 atom stereocenters. The van der Waals surface area contributed by atoms with Gasteiger partial charge in [-0.25, -0.2) is 0 Å². The van der Waals surface area contributed by atoms with Crippen LogP contribution in [0.3, 0.4) is 0 Å². The van der Waals surface area contributed by atoms with Crippen LogP contribution in [0.5, 0.6) is 5.75 Å². The molecule has 1 aliphatic rings. The Hall–Kier alpha value is -0.290. The van der Waals surface area contributed by atoms with E-state index in [1.165, 1.54) is 11.1 Å². The highest BCUT2D eigenvalue weighted by molar-refractivity contribution is 14.1. The smallest absolute Gasteiger partial charge is 0.129 e. The molecule has 2 nitrogen and oxygen atoms in total. The van der Waals surface area contributed by atoms with Gasteiger partial charge in [0.25, 0.3) is 0 Å². The summed E-state index contributed by atoms with van der Waals surface area (Å²) in [5.41, 5.74) is 8.44. The predicted octanol–water partition coefficient (Wildman–Crippen LogP) is 1.81. The van der Waals surface area contributed by atoms with Crippen molar-refractivity contribution >= 4 is 22.6 Å². The molecule has 0 radical (unpaired) electrons. The van der Waals surface area contributed by atoms with Crippen LogP contribution >= 0.6 is 22.6 Å². The van der Waals surface area contributed by atoms with E-state index in [4.69, 9.17) is 5.73 Å². The van der Waals surface area contributed by atoms with Gasteiger partial charge in [0.1, 0.15) is 5.75 Å². The molecule has 0 amide bonds. The van der Waals surface area contributed by atoms with Crippen molar-refractivity contribution in [3.8, 4) is 5.75 Å². The third-order valence-electron chi connectivity index (χ3n) is 2.54. The Morgan fingerprint density at radius 2 is 2.15 bits per heavy atom. The van der Waals surface area contributed by atoms with Gasteiger partial charge in [-0.15, -0.1) is 0 Å². The zero-order chi connectivity index (χ0) is 9.42. The first-order valence-electron chi connectivity index (χ1n) is 4.42. The van der Waals surface area contributed by atoms with Crippen LogP contribution in [0, 0.1) is 3.57 Å². The number of halogens is 1. The number of rotatable bonds is 0. The van der Waals surface area contributed by atoms with Crippen molar-refractivity contribution in [2.45, 2.75) is 25.3 Å². The summed E-state index contributed by atoms with van der Waals surface area (Å²) in [7, 11) is 0. The maximum Gasteiger partial charge on any atom is 0.129 e. The van der Waals surface area contributed by atoms with Crippen molar-refractivity contribution in [1.82, 2.24) is 0 Å². The quantitative estimate of drug-likeness (QED) is 0.716. The number of nitrogens with two attached hydrogens (primary N) is 1. The SMILES string of the molecule is N[C@@H]1CCc2cc(O)c(I)cc2C1. The maximum absolute atomic E-state index is 9.50. The van der Waals surface area contributed by atoms with Gasteiger partial charge in [0.15, 0.2) is 0 Å². The van der Waals surface area contributed by atoms with Crippen LogP contribution < -0.4 is 5.73 Å². The molecular weight excluding hydrogens is 277 g/mol. The van der Waals surface area contributed by atoms with Gasteiger partial charge in [0, 0.05) is 6.04 Å². The Kier molecular flexibility index (Phi) is 2.47. The van der Waals surface area contributed by atoms with Crippen LogP contribution in [-0.4, -0.2) is 11.1 Å². The summed E-state index contributed by atoms with van der Waals surface area (Å²) >= 11 is 2.15. The fourth-order valence-electron chi connectivity index (χ4n) is 1.79. The summed E-state index contributed by atoms with van der Waals surface area (Å²) in [6.45, 7) is 0. The molecule has 0 aromatic heterocycles. The zero-order valence-corrected chi connectivity index (χ0v) is 9.41. The fraction of sp³-hybridized carbons (Fsp3) is 0.400. The van der Waals surface area contributed by atoms with Gasteiger partial charge in [0.2, 0.25) is 0 Å². The van der Waals surface area contributed by atoms with Crippen molar-refractivity contribution < 1.29 is 5.11 Å². The number of phenols is 1. The van der Waals surface area contributed by atoms with E-state index in [2.05, 4.69) is 22.6 Å². The minimum Gasteiger partial charge on any atom is -0.507 e. The van der Waals surface area contributed by atoms with Gasteiger partial charge in [-0.05, 0) is 65.1 Å². The van der Waals surface area contributed by atoms with Crippen LogP contribution in [0.25, 0.3) is 0 Å². The van der Waals surface area contributed by atoms with Crippen LogP contribution in [0.1, 0.15) is 17.5 Å². The first kappa shape index (κ1) is 9.27. The Balaban J connectivity index is 2.43. The molecule has 2 rings (SSSR count). The lowest BCUT2D eigenvalue weighted by Gasteiger charge is -2.21. The monoisotopic (exact) mass is 289 g/mol. The molecule has 0 saturated heterocycles. The molecule has 3 N–H and O–H groups in total. The molecule has 0 heterocycles. The number of benzene rings is 1. The summed E-state index contributed by atoms with van der Waals surface area (Å²) in [6.07, 6.45) is 2.99. The third kappa shape index (κ3) is 1.81. The van der Waals surface area contributed by atoms with E-state index >= 15 is 0 Å². The normalized spacial score (nSPS) is 21.2. The van der Waals surface area contributed by atoms with Gasteiger partial charge in [0.05, 0.1) is 3.57 Å². The number of hydrogen-bond donors (Lipinski definition) is 2. The molecule has 0 spiro atoms. The standard InChI is InChI=1S/C10H12INO/c11-9-4-7-3-8(12)2-1-6(7)5-10(9)13/h4-5,8,13H,1-3,12H2/t8-/m1/s1. The van der Waals surface area contributed by atoms with Crippen LogP contribution in [0.15, 0.2) is 12.1 Å². The molecule has 70 valence electrons. The lowest BCUT2D eigenvalue weighted by molar-refractivity contribution is 0.468. The summed E-state index contributed by atoms with van der Waals surface area (Å²) < 4.78 is 0.922. The number of phenolic OH excluding ortho intramolecular Hbond substituents is 1. The maximum atomic E-state index is 9.50. The molecular formula is C10H12INO. The molecule has 1 aromatic carbocycles. The van der Waals surface area contributed by atoms with E-state index in [1.54, 1.807) is 0 Å². The van der Waals surface area contributed by atoms with Gasteiger partial charge in [-0.2, -0.15) is 0 Å². The van der Waals surface area contributed by atoms with Gasteiger partial charge >= 0.3 is 0 Å². The summed E-state index contributed by atoms with van der Waals surface area (Å²) in [6, 6.07) is 4.22. The molecule has 1 aliphatic carbocycles. The zero-order valence-electron chi connectivity index (χ0n) is 7.26. The molecule has 0 unspecified atom stereocenters. The second-order valence-corrected chi connectivity index (χ2v) is 4.74. The van der Waals surface area contributed by atoms with Crippen LogP contribution in [-0.2, 0) is 12.8 Å². The second kappa shape index (κ2) is 3.46. The van der Waals surface area contributed by atoms with Crippen molar-refractivity contribution in [2.75, 3.05) is 0 Å². The number of aromatic hydroxyl groups is 1. The number of hydrogen-bond acceptors (Lipinski definition) is 2. The van der Waals surface area contributed by atoms with E-state index < -0.39 is 0 Å². The van der Waals surface area contributed by atoms with Crippen molar-refractivity contribution in [3.05, 3.63) is 26.8 Å². The highest BCUT2D eigenvalue weighted by atomic mass is 127. The van der Waals surface area contributed by atoms with E-state index in [0.717, 1.165) is 22.8 Å². The fourth-order valence-corrected chi connectivity index (χ4v) is 2.33. The Bertz CT molecular complexity index is 338. The molecule has 0 bridgehead atoms. The summed E-state index contributed by atoms with van der Waals surface area (Å²) in [4.78, 5) is 0. The van der Waals surface area contributed by atoms with E-state index in [-0.39, 0.29) is 0 Å². The first-order valence-corrected chi connectivity index (χ1v) is 5.50. The average Bonchev–Trinajstić information content (AvgIpc) is 2.08. The Morgan fingerprint density at radius 3 is 2.92 bits per heavy atom. The lowest BCUT2D eigenvalue weighted by Crippen LogP contribution is -2.27. The minimum atomic E-state index is 0.299. The number of fused-ring (bicyclic) bond motifs is 1. The van der Waals surface area contributed by atoms with Crippen molar-refractivity contribution in [1.29, 1.82) is 0 Å². The number of aryl methyl sites for hydroxylation is 1. The van der Waals surface area contributed by atoms with Crippen molar-refractivity contribution in [2.24, 2.45) is 5.73 Å². The predicted molar refractivity (Wildman–Crippen MR) is 60.8 cm³/mol. The second-order valence-electron chi connectivity index (χ2n) is 3.58. The molecule has 13 heavy (non-hydrogen) atoms. The summed E-state index contributed by atoms with van der Waals surface area (Å²) in [5, 5.41) is 9.50. The highest BCUT2D eigenvalue weighted by Gasteiger charge is 2.16. The van der Waals surface area contributed by atoms with Crippen molar-refractivity contribution in [3.63, 3.8) is 0 Å². The first-order chi connectivity index (χ1) is 6.16. The largest absolute Gasteiger partial charge is 0.507 e. The molecule has 0 aliphatic heterocycles. The van der Waals surface area contributed by atoms with Gasteiger partial charge in [-0.1, -0.05) is 0 Å². The molecule has 0 saturated carbocycles. The van der Waals surface area contributed by atoms with E-state index in [0.29, 0.717) is 11.8 Å². The summed E-state index contributed by atoms with van der Waals surface area (Å²) in [5.74, 6) is 0.398. The Labute approximate surface area is 91.3 Å². The Morgan fingerprint density at radius 1 is 1.38 bits per heavy atom. The molecule has 1 aromatic rings. The third-order valence-corrected chi connectivity index (χ3v) is 3.40. The highest BCUT2D eigenvalue weighted by Crippen LogP contribution is 2.28. The average molecular weight is 289 g/mol. The van der Waals surface area contributed by atoms with Gasteiger partial charge in [-0.3, -0.25) is 0 Å². The molecule has 3 heteroatoms. The van der Waals surface area contributed by atoms with Gasteiger partial charge < -0.3 is 10.8 Å². The van der Waals surface area contributed by atoms with E-state index in [9.17, 15) is 5.11 Å². The lowest BCUT2D eigenvalue weighted by atomic mass is 9.89.